The Bertz CT molecular complexity index is 253. The van der Waals surface area contributed by atoms with Gasteiger partial charge in [-0.25, -0.2) is 0 Å². The lowest BCUT2D eigenvalue weighted by Crippen LogP contribution is -2.56. The third-order valence-corrected chi connectivity index (χ3v) is 3.59. The second-order valence-corrected chi connectivity index (χ2v) is 5.35. The summed E-state index contributed by atoms with van der Waals surface area (Å²) in [6, 6.07) is -0.409. The molecule has 100 valence electrons. The van der Waals surface area contributed by atoms with E-state index in [2.05, 4.69) is 0 Å². The lowest BCUT2D eigenvalue weighted by Gasteiger charge is -2.38. The minimum absolute atomic E-state index is 0.0330. The van der Waals surface area contributed by atoms with Crippen LogP contribution < -0.4 is 5.73 Å². The molecule has 1 heterocycles. The molecule has 0 spiro atoms. The van der Waals surface area contributed by atoms with Crippen LogP contribution in [-0.2, 0) is 9.53 Å². The normalized spacial score (nSPS) is 26.9. The number of carbonyl (C=O) groups excluding carboxylic acids is 1. The SMILES string of the molecule is CSCC[C@@H](N)C(=O)N1CC(CO)OCC1C. The maximum absolute atomic E-state index is 12.1. The molecule has 1 saturated heterocycles. The van der Waals surface area contributed by atoms with Gasteiger partial charge in [0.1, 0.15) is 0 Å². The zero-order valence-corrected chi connectivity index (χ0v) is 11.3. The van der Waals surface area contributed by atoms with Crippen LogP contribution in [-0.4, -0.2) is 65.9 Å². The molecular weight excluding hydrogens is 240 g/mol. The molecule has 1 aliphatic rings. The molecule has 0 radical (unpaired) electrons. The molecule has 0 aromatic rings. The first-order valence-electron chi connectivity index (χ1n) is 5.87. The fraction of sp³-hybridized carbons (Fsp3) is 0.909. The van der Waals surface area contributed by atoms with E-state index in [1.165, 1.54) is 0 Å². The lowest BCUT2D eigenvalue weighted by atomic mass is 10.1. The van der Waals surface area contributed by atoms with Crippen molar-refractivity contribution in [3.63, 3.8) is 0 Å². The summed E-state index contributed by atoms with van der Waals surface area (Å²) in [6.45, 7) is 2.78. The van der Waals surface area contributed by atoms with Gasteiger partial charge in [-0.3, -0.25) is 4.79 Å². The predicted molar refractivity (Wildman–Crippen MR) is 69.0 cm³/mol. The molecule has 0 aromatic heterocycles. The Morgan fingerprint density at radius 1 is 1.71 bits per heavy atom. The standard InChI is InChI=1S/C11H22N2O3S/c1-8-7-16-9(6-14)5-13(8)11(15)10(12)3-4-17-2/h8-10,14H,3-7,12H2,1-2H3/t8?,9?,10-/m1/s1. The zero-order chi connectivity index (χ0) is 12.8. The van der Waals surface area contributed by atoms with Crippen LogP contribution in [0.3, 0.4) is 0 Å². The Hall–Kier alpha value is -0.300. The number of thioether (sulfide) groups is 1. The van der Waals surface area contributed by atoms with E-state index in [0.29, 0.717) is 19.6 Å². The number of carbonyl (C=O) groups is 1. The molecule has 5 nitrogen and oxygen atoms in total. The van der Waals surface area contributed by atoms with Gasteiger partial charge in [-0.2, -0.15) is 11.8 Å². The van der Waals surface area contributed by atoms with E-state index in [-0.39, 0.29) is 24.7 Å². The van der Waals surface area contributed by atoms with Crippen molar-refractivity contribution in [1.29, 1.82) is 0 Å². The first-order valence-corrected chi connectivity index (χ1v) is 7.27. The molecule has 1 amide bonds. The van der Waals surface area contributed by atoms with E-state index in [1.54, 1.807) is 16.7 Å². The number of morpholine rings is 1. The van der Waals surface area contributed by atoms with Gasteiger partial charge in [-0.05, 0) is 25.4 Å². The molecule has 3 N–H and O–H groups in total. The van der Waals surface area contributed by atoms with Crippen molar-refractivity contribution in [2.75, 3.05) is 31.8 Å². The van der Waals surface area contributed by atoms with Gasteiger partial charge in [0.2, 0.25) is 5.91 Å². The van der Waals surface area contributed by atoms with Crippen LogP contribution in [0.25, 0.3) is 0 Å². The van der Waals surface area contributed by atoms with Gasteiger partial charge in [-0.15, -0.1) is 0 Å². The zero-order valence-electron chi connectivity index (χ0n) is 10.5. The number of aliphatic hydroxyl groups is 1. The topological polar surface area (TPSA) is 75.8 Å². The Morgan fingerprint density at radius 3 is 3.00 bits per heavy atom. The Labute approximate surface area is 107 Å². The van der Waals surface area contributed by atoms with Crippen molar-refractivity contribution in [2.24, 2.45) is 5.73 Å². The fourth-order valence-corrected chi connectivity index (χ4v) is 2.31. The molecule has 1 aliphatic heterocycles. The van der Waals surface area contributed by atoms with E-state index >= 15 is 0 Å². The van der Waals surface area contributed by atoms with Gasteiger partial charge in [0.25, 0.3) is 0 Å². The number of hydrogen-bond acceptors (Lipinski definition) is 5. The predicted octanol–water partition coefficient (Wildman–Crippen LogP) is -0.325. The van der Waals surface area contributed by atoms with Crippen molar-refractivity contribution in [3.05, 3.63) is 0 Å². The number of nitrogens with zero attached hydrogens (tertiary/aromatic N) is 1. The highest BCUT2D eigenvalue weighted by atomic mass is 32.2. The summed E-state index contributed by atoms with van der Waals surface area (Å²) < 4.78 is 5.39. The molecule has 0 bridgehead atoms. The van der Waals surface area contributed by atoms with Gasteiger partial charge in [-0.1, -0.05) is 0 Å². The quantitative estimate of drug-likeness (QED) is 0.710. The van der Waals surface area contributed by atoms with Gasteiger partial charge in [0, 0.05) is 6.54 Å². The molecule has 6 heteroatoms. The van der Waals surface area contributed by atoms with Crippen molar-refractivity contribution in [3.8, 4) is 0 Å². The number of nitrogens with two attached hydrogens (primary N) is 1. The molecular formula is C11H22N2O3S. The van der Waals surface area contributed by atoms with Crippen LogP contribution in [0.4, 0.5) is 0 Å². The number of rotatable bonds is 5. The fourth-order valence-electron chi connectivity index (χ4n) is 1.82. The molecule has 3 atom stereocenters. The third kappa shape index (κ3) is 4.13. The molecule has 1 fully saturated rings. The summed E-state index contributed by atoms with van der Waals surface area (Å²) in [5.74, 6) is 0.850. The lowest BCUT2D eigenvalue weighted by molar-refractivity contribution is -0.147. The van der Waals surface area contributed by atoms with Crippen LogP contribution in [0.15, 0.2) is 0 Å². The number of aliphatic hydroxyl groups excluding tert-OH is 1. The molecule has 0 aliphatic carbocycles. The first-order chi connectivity index (χ1) is 8.10. The third-order valence-electron chi connectivity index (χ3n) is 2.94. The van der Waals surface area contributed by atoms with Gasteiger partial charge < -0.3 is 20.5 Å². The molecule has 0 aromatic carbocycles. The minimum atomic E-state index is -0.442. The minimum Gasteiger partial charge on any atom is -0.394 e. The number of amides is 1. The molecule has 0 saturated carbocycles. The smallest absolute Gasteiger partial charge is 0.239 e. The average molecular weight is 262 g/mol. The molecule has 1 rings (SSSR count). The van der Waals surface area contributed by atoms with Crippen molar-refractivity contribution >= 4 is 17.7 Å². The monoisotopic (exact) mass is 262 g/mol. The number of hydrogen-bond donors (Lipinski definition) is 2. The summed E-state index contributed by atoms with van der Waals surface area (Å²) in [4.78, 5) is 13.9. The van der Waals surface area contributed by atoms with Crippen LogP contribution in [0.5, 0.6) is 0 Å². The number of ether oxygens (including phenoxy) is 1. The summed E-state index contributed by atoms with van der Waals surface area (Å²) >= 11 is 1.68. The van der Waals surface area contributed by atoms with Crippen LogP contribution >= 0.6 is 11.8 Å². The molecule has 2 unspecified atom stereocenters. The maximum Gasteiger partial charge on any atom is 0.239 e. The van der Waals surface area contributed by atoms with Crippen LogP contribution in [0.1, 0.15) is 13.3 Å². The Kier molecular flexibility index (Phi) is 6.26. The van der Waals surface area contributed by atoms with E-state index in [0.717, 1.165) is 5.75 Å². The highest BCUT2D eigenvalue weighted by Crippen LogP contribution is 2.13. The second-order valence-electron chi connectivity index (χ2n) is 4.37. The highest BCUT2D eigenvalue weighted by Gasteiger charge is 2.31. The maximum atomic E-state index is 12.1. The van der Waals surface area contributed by atoms with Crippen LogP contribution in [0.2, 0.25) is 0 Å². The van der Waals surface area contributed by atoms with Crippen molar-refractivity contribution < 1.29 is 14.6 Å². The van der Waals surface area contributed by atoms with Crippen molar-refractivity contribution in [1.82, 2.24) is 4.90 Å². The first kappa shape index (κ1) is 14.8. The highest BCUT2D eigenvalue weighted by molar-refractivity contribution is 7.98. The Balaban J connectivity index is 2.53. The van der Waals surface area contributed by atoms with E-state index in [9.17, 15) is 4.79 Å². The largest absolute Gasteiger partial charge is 0.394 e. The second kappa shape index (κ2) is 7.20. The summed E-state index contributed by atoms with van der Waals surface area (Å²) in [7, 11) is 0. The van der Waals surface area contributed by atoms with E-state index < -0.39 is 6.04 Å². The summed E-state index contributed by atoms with van der Waals surface area (Å²) in [5.41, 5.74) is 5.88. The van der Waals surface area contributed by atoms with Crippen molar-refractivity contribution in [2.45, 2.75) is 31.5 Å². The van der Waals surface area contributed by atoms with Gasteiger partial charge >= 0.3 is 0 Å². The van der Waals surface area contributed by atoms with E-state index in [1.807, 2.05) is 13.2 Å². The summed E-state index contributed by atoms with van der Waals surface area (Å²) in [6.07, 6.45) is 2.41. The van der Waals surface area contributed by atoms with Crippen LogP contribution in [0, 0.1) is 0 Å². The average Bonchev–Trinajstić information content (AvgIpc) is 2.35. The summed E-state index contributed by atoms with van der Waals surface area (Å²) in [5, 5.41) is 9.06. The van der Waals surface area contributed by atoms with E-state index in [4.69, 9.17) is 15.6 Å². The Morgan fingerprint density at radius 2 is 2.41 bits per heavy atom. The van der Waals surface area contributed by atoms with Gasteiger partial charge in [0.05, 0.1) is 31.4 Å². The molecule has 17 heavy (non-hydrogen) atoms. The van der Waals surface area contributed by atoms with Gasteiger partial charge in [0.15, 0.2) is 0 Å².